The lowest BCUT2D eigenvalue weighted by Gasteiger charge is -2.13. The van der Waals surface area contributed by atoms with E-state index in [-0.39, 0.29) is 0 Å². The molecule has 0 fully saturated rings. The van der Waals surface area contributed by atoms with Crippen LogP contribution in [0.25, 0.3) is 0 Å². The highest BCUT2D eigenvalue weighted by molar-refractivity contribution is 7.13. The van der Waals surface area contributed by atoms with Gasteiger partial charge >= 0.3 is 0 Å². The quantitative estimate of drug-likeness (QED) is 0.855. The van der Waals surface area contributed by atoms with E-state index in [1.807, 2.05) is 11.6 Å². The molecule has 14 heavy (non-hydrogen) atoms. The van der Waals surface area contributed by atoms with E-state index in [1.165, 1.54) is 4.88 Å². The van der Waals surface area contributed by atoms with E-state index in [1.54, 1.807) is 22.7 Å². The van der Waals surface area contributed by atoms with Gasteiger partial charge in [-0.15, -0.1) is 22.7 Å². The van der Waals surface area contributed by atoms with E-state index in [9.17, 15) is 0 Å². The van der Waals surface area contributed by atoms with Gasteiger partial charge in [-0.1, -0.05) is 13.0 Å². The number of rotatable bonds is 4. The minimum atomic E-state index is 0.404. The summed E-state index contributed by atoms with van der Waals surface area (Å²) in [6.45, 7) is 2.19. The number of aromatic nitrogens is 1. The summed E-state index contributed by atoms with van der Waals surface area (Å²) in [5.41, 5.74) is 0. The van der Waals surface area contributed by atoms with Crippen LogP contribution < -0.4 is 5.32 Å². The fourth-order valence-electron chi connectivity index (χ4n) is 1.31. The van der Waals surface area contributed by atoms with Gasteiger partial charge in [0.15, 0.2) is 5.13 Å². The molecule has 74 valence electrons. The highest BCUT2D eigenvalue weighted by Gasteiger charge is 2.10. The van der Waals surface area contributed by atoms with E-state index >= 15 is 0 Å². The van der Waals surface area contributed by atoms with Crippen molar-refractivity contribution >= 4 is 27.8 Å². The molecule has 1 N–H and O–H groups in total. The predicted molar refractivity (Wildman–Crippen MR) is 63.1 cm³/mol. The maximum atomic E-state index is 4.23. The second-order valence-electron chi connectivity index (χ2n) is 2.96. The van der Waals surface area contributed by atoms with Crippen molar-refractivity contribution in [3.05, 3.63) is 34.0 Å². The van der Waals surface area contributed by atoms with Gasteiger partial charge in [0.25, 0.3) is 0 Å². The van der Waals surface area contributed by atoms with Gasteiger partial charge in [0.1, 0.15) is 0 Å². The fourth-order valence-corrected chi connectivity index (χ4v) is 2.75. The molecule has 0 radical (unpaired) electrons. The van der Waals surface area contributed by atoms with E-state index < -0.39 is 0 Å². The highest BCUT2D eigenvalue weighted by atomic mass is 32.1. The summed E-state index contributed by atoms with van der Waals surface area (Å²) in [5, 5.41) is 8.54. The molecular weight excluding hydrogens is 212 g/mol. The Kier molecular flexibility index (Phi) is 3.16. The molecule has 0 aliphatic rings. The first-order valence-corrected chi connectivity index (χ1v) is 6.35. The average molecular weight is 224 g/mol. The second-order valence-corrected chi connectivity index (χ2v) is 4.83. The molecule has 2 heterocycles. The molecule has 0 saturated heterocycles. The largest absolute Gasteiger partial charge is 0.354 e. The number of thiazole rings is 1. The van der Waals surface area contributed by atoms with Crippen molar-refractivity contribution in [2.24, 2.45) is 0 Å². The zero-order chi connectivity index (χ0) is 9.80. The third kappa shape index (κ3) is 2.13. The Hall–Kier alpha value is -0.870. The first kappa shape index (κ1) is 9.68. The van der Waals surface area contributed by atoms with Crippen LogP contribution in [0.4, 0.5) is 5.13 Å². The van der Waals surface area contributed by atoms with Crippen molar-refractivity contribution in [2.45, 2.75) is 19.4 Å². The molecule has 0 bridgehead atoms. The van der Waals surface area contributed by atoms with Crippen molar-refractivity contribution in [1.29, 1.82) is 0 Å². The summed E-state index contributed by atoms with van der Waals surface area (Å²) in [5.74, 6) is 0. The maximum Gasteiger partial charge on any atom is 0.183 e. The van der Waals surface area contributed by atoms with E-state index in [0.29, 0.717) is 6.04 Å². The molecule has 0 amide bonds. The molecular formula is C10H12N2S2. The molecule has 0 aliphatic heterocycles. The third-order valence-electron chi connectivity index (χ3n) is 2.02. The van der Waals surface area contributed by atoms with Crippen molar-refractivity contribution in [2.75, 3.05) is 5.32 Å². The van der Waals surface area contributed by atoms with Crippen LogP contribution in [0, 0.1) is 0 Å². The van der Waals surface area contributed by atoms with Gasteiger partial charge in [0, 0.05) is 16.5 Å². The molecule has 0 aliphatic carbocycles. The van der Waals surface area contributed by atoms with Crippen LogP contribution in [0.2, 0.25) is 0 Å². The van der Waals surface area contributed by atoms with E-state index in [2.05, 4.69) is 34.7 Å². The molecule has 0 aromatic carbocycles. The Morgan fingerprint density at radius 2 is 2.36 bits per heavy atom. The summed E-state index contributed by atoms with van der Waals surface area (Å²) in [7, 11) is 0. The highest BCUT2D eigenvalue weighted by Crippen LogP contribution is 2.26. The van der Waals surface area contributed by atoms with E-state index in [4.69, 9.17) is 0 Å². The normalized spacial score (nSPS) is 12.6. The van der Waals surface area contributed by atoms with Gasteiger partial charge in [-0.05, 0) is 17.9 Å². The van der Waals surface area contributed by atoms with Crippen LogP contribution in [0.15, 0.2) is 29.1 Å². The van der Waals surface area contributed by atoms with Crippen molar-refractivity contribution in [1.82, 2.24) is 4.98 Å². The Bertz CT molecular complexity index is 353. The number of nitrogens with one attached hydrogen (secondary N) is 1. The molecule has 4 heteroatoms. The van der Waals surface area contributed by atoms with Gasteiger partial charge in [-0.3, -0.25) is 0 Å². The number of thiophene rings is 1. The minimum Gasteiger partial charge on any atom is -0.354 e. The predicted octanol–water partition coefficient (Wildman–Crippen LogP) is 3.77. The Labute approximate surface area is 91.6 Å². The fraction of sp³-hybridized carbons (Fsp3) is 0.300. The van der Waals surface area contributed by atoms with Gasteiger partial charge in [-0.2, -0.15) is 0 Å². The zero-order valence-corrected chi connectivity index (χ0v) is 9.57. The molecule has 0 spiro atoms. The number of hydrogen-bond donors (Lipinski definition) is 1. The first-order valence-electron chi connectivity index (χ1n) is 4.59. The van der Waals surface area contributed by atoms with Crippen LogP contribution in [-0.4, -0.2) is 4.98 Å². The van der Waals surface area contributed by atoms with Gasteiger partial charge < -0.3 is 5.32 Å². The second kappa shape index (κ2) is 4.57. The van der Waals surface area contributed by atoms with Crippen LogP contribution in [0.5, 0.6) is 0 Å². The average Bonchev–Trinajstić information content (AvgIpc) is 2.86. The summed E-state index contributed by atoms with van der Waals surface area (Å²) in [6.07, 6.45) is 2.91. The summed E-state index contributed by atoms with van der Waals surface area (Å²) in [4.78, 5) is 5.60. The van der Waals surface area contributed by atoms with Crippen LogP contribution in [0.1, 0.15) is 24.3 Å². The smallest absolute Gasteiger partial charge is 0.183 e. The minimum absolute atomic E-state index is 0.404. The SMILES string of the molecule is CCC(Nc1nccs1)c1cccs1. The molecule has 0 saturated carbocycles. The Balaban J connectivity index is 2.08. The summed E-state index contributed by atoms with van der Waals surface area (Å²) >= 11 is 3.44. The molecule has 1 atom stereocenters. The third-order valence-corrected chi connectivity index (χ3v) is 3.72. The zero-order valence-electron chi connectivity index (χ0n) is 7.93. The lowest BCUT2D eigenvalue weighted by Crippen LogP contribution is -2.07. The molecule has 1 unspecified atom stereocenters. The Morgan fingerprint density at radius 3 is 2.93 bits per heavy atom. The van der Waals surface area contributed by atoms with Crippen molar-refractivity contribution in [3.8, 4) is 0 Å². The molecule has 2 aromatic rings. The van der Waals surface area contributed by atoms with E-state index in [0.717, 1.165) is 11.6 Å². The maximum absolute atomic E-state index is 4.23. The molecule has 2 nitrogen and oxygen atoms in total. The standard InChI is InChI=1S/C10H12N2S2/c1-2-8(9-4-3-6-13-9)12-10-11-5-7-14-10/h3-8H,2H2,1H3,(H,11,12). The van der Waals surface area contributed by atoms with Crippen molar-refractivity contribution < 1.29 is 0 Å². The van der Waals surface area contributed by atoms with Crippen LogP contribution in [-0.2, 0) is 0 Å². The Morgan fingerprint density at radius 1 is 1.43 bits per heavy atom. The first-order chi connectivity index (χ1) is 6.90. The van der Waals surface area contributed by atoms with Gasteiger partial charge in [0.2, 0.25) is 0 Å². The summed E-state index contributed by atoms with van der Waals surface area (Å²) < 4.78 is 0. The van der Waals surface area contributed by atoms with Crippen LogP contribution >= 0.6 is 22.7 Å². The lowest BCUT2D eigenvalue weighted by molar-refractivity contribution is 0.762. The monoisotopic (exact) mass is 224 g/mol. The number of anilines is 1. The van der Waals surface area contributed by atoms with Gasteiger partial charge in [-0.25, -0.2) is 4.98 Å². The van der Waals surface area contributed by atoms with Crippen LogP contribution in [0.3, 0.4) is 0 Å². The molecule has 2 aromatic heterocycles. The van der Waals surface area contributed by atoms with Gasteiger partial charge in [0.05, 0.1) is 6.04 Å². The number of nitrogens with zero attached hydrogens (tertiary/aromatic N) is 1. The number of hydrogen-bond acceptors (Lipinski definition) is 4. The topological polar surface area (TPSA) is 24.9 Å². The molecule has 2 rings (SSSR count). The lowest BCUT2D eigenvalue weighted by atomic mass is 10.2. The van der Waals surface area contributed by atoms with Crippen molar-refractivity contribution in [3.63, 3.8) is 0 Å². The summed E-state index contributed by atoms with van der Waals surface area (Å²) in [6, 6.07) is 4.66.